The zero-order valence-electron chi connectivity index (χ0n) is 10.4. The van der Waals surface area contributed by atoms with Gasteiger partial charge in [-0.05, 0) is 30.9 Å². The van der Waals surface area contributed by atoms with Gasteiger partial charge in [0.25, 0.3) is 0 Å². The number of aryl methyl sites for hydroxylation is 1. The molecule has 0 bridgehead atoms. The molecule has 4 heteroatoms. The van der Waals surface area contributed by atoms with Gasteiger partial charge in [0, 0.05) is 13.0 Å². The molecule has 94 valence electrons. The number of carboxylic acids is 1. The quantitative estimate of drug-likeness (QED) is 0.899. The van der Waals surface area contributed by atoms with Crippen LogP contribution < -0.4 is 0 Å². The standard InChI is InChI=1S/C14H16N2O2/c1-2-12-15-11-5-3-4-10(14(17)18)13(11)16(12)8-9-6-7-9/h3-5,9H,2,6-8H2,1H3,(H,17,18). The van der Waals surface area contributed by atoms with E-state index in [1.165, 1.54) is 12.8 Å². The summed E-state index contributed by atoms with van der Waals surface area (Å²) in [7, 11) is 0. The largest absolute Gasteiger partial charge is 0.478 e. The summed E-state index contributed by atoms with van der Waals surface area (Å²) in [5.41, 5.74) is 1.95. The van der Waals surface area contributed by atoms with Crippen LogP contribution >= 0.6 is 0 Å². The van der Waals surface area contributed by atoms with Crippen LogP contribution in [0, 0.1) is 5.92 Å². The van der Waals surface area contributed by atoms with Crippen molar-refractivity contribution in [2.24, 2.45) is 5.92 Å². The Morgan fingerprint density at radius 3 is 2.89 bits per heavy atom. The highest BCUT2D eigenvalue weighted by molar-refractivity contribution is 6.01. The van der Waals surface area contributed by atoms with Crippen LogP contribution in [0.2, 0.25) is 0 Å². The van der Waals surface area contributed by atoms with Crippen molar-refractivity contribution in [1.82, 2.24) is 9.55 Å². The molecular formula is C14H16N2O2. The van der Waals surface area contributed by atoms with Crippen molar-refractivity contribution in [2.45, 2.75) is 32.7 Å². The minimum absolute atomic E-state index is 0.361. The molecule has 1 aromatic carbocycles. The van der Waals surface area contributed by atoms with Crippen LogP contribution in [0.4, 0.5) is 0 Å². The number of hydrogen-bond acceptors (Lipinski definition) is 2. The molecule has 1 N–H and O–H groups in total. The van der Waals surface area contributed by atoms with Crippen molar-refractivity contribution in [1.29, 1.82) is 0 Å². The maximum absolute atomic E-state index is 11.3. The first-order chi connectivity index (χ1) is 8.70. The summed E-state index contributed by atoms with van der Waals surface area (Å²) in [6.07, 6.45) is 3.33. The van der Waals surface area contributed by atoms with E-state index in [4.69, 9.17) is 0 Å². The molecule has 1 aliphatic carbocycles. The van der Waals surface area contributed by atoms with E-state index in [1.807, 2.05) is 6.07 Å². The van der Waals surface area contributed by atoms with Gasteiger partial charge in [-0.3, -0.25) is 0 Å². The summed E-state index contributed by atoms with van der Waals surface area (Å²) in [5, 5.41) is 9.30. The van der Waals surface area contributed by atoms with Crippen LogP contribution in [0.15, 0.2) is 18.2 Å². The van der Waals surface area contributed by atoms with Crippen molar-refractivity contribution < 1.29 is 9.90 Å². The average molecular weight is 244 g/mol. The molecule has 18 heavy (non-hydrogen) atoms. The molecule has 3 rings (SSSR count). The number of hydrogen-bond donors (Lipinski definition) is 1. The lowest BCUT2D eigenvalue weighted by atomic mass is 10.2. The fourth-order valence-electron chi connectivity index (χ4n) is 2.43. The number of para-hydroxylation sites is 1. The SMILES string of the molecule is CCc1nc2cccc(C(=O)O)c2n1CC1CC1. The van der Waals surface area contributed by atoms with Crippen LogP contribution in [0.3, 0.4) is 0 Å². The van der Waals surface area contributed by atoms with Gasteiger partial charge in [-0.25, -0.2) is 9.78 Å². The van der Waals surface area contributed by atoms with E-state index in [0.29, 0.717) is 11.5 Å². The Bertz CT molecular complexity index is 612. The number of carboxylic acid groups (broad SMARTS) is 1. The first-order valence-electron chi connectivity index (χ1n) is 6.42. The highest BCUT2D eigenvalue weighted by Gasteiger charge is 2.25. The summed E-state index contributed by atoms with van der Waals surface area (Å²) in [5.74, 6) is 0.820. The van der Waals surface area contributed by atoms with Crippen LogP contribution in [0.1, 0.15) is 35.9 Å². The molecule has 0 aliphatic heterocycles. The topological polar surface area (TPSA) is 55.1 Å². The van der Waals surface area contributed by atoms with E-state index >= 15 is 0 Å². The maximum Gasteiger partial charge on any atom is 0.337 e. The van der Waals surface area contributed by atoms with E-state index in [9.17, 15) is 9.90 Å². The molecular weight excluding hydrogens is 228 g/mol. The molecule has 0 unspecified atom stereocenters. The van der Waals surface area contributed by atoms with E-state index in [-0.39, 0.29) is 0 Å². The van der Waals surface area contributed by atoms with Gasteiger partial charge < -0.3 is 9.67 Å². The van der Waals surface area contributed by atoms with E-state index < -0.39 is 5.97 Å². The minimum Gasteiger partial charge on any atom is -0.478 e. The first-order valence-corrected chi connectivity index (χ1v) is 6.42. The highest BCUT2D eigenvalue weighted by Crippen LogP contribution is 2.33. The maximum atomic E-state index is 11.3. The fraction of sp³-hybridized carbons (Fsp3) is 0.429. The molecule has 2 aromatic rings. The van der Waals surface area contributed by atoms with Crippen molar-refractivity contribution in [3.63, 3.8) is 0 Å². The summed E-state index contributed by atoms with van der Waals surface area (Å²) >= 11 is 0. The van der Waals surface area contributed by atoms with E-state index in [1.54, 1.807) is 12.1 Å². The highest BCUT2D eigenvalue weighted by atomic mass is 16.4. The molecule has 4 nitrogen and oxygen atoms in total. The Morgan fingerprint density at radius 2 is 2.28 bits per heavy atom. The molecule has 1 heterocycles. The number of aromatic nitrogens is 2. The Hall–Kier alpha value is -1.84. The molecule has 1 aromatic heterocycles. The molecule has 0 spiro atoms. The van der Waals surface area contributed by atoms with Gasteiger partial charge in [0.1, 0.15) is 5.82 Å². The smallest absolute Gasteiger partial charge is 0.337 e. The summed E-state index contributed by atoms with van der Waals surface area (Å²) in [4.78, 5) is 15.9. The number of benzene rings is 1. The lowest BCUT2D eigenvalue weighted by Crippen LogP contribution is -2.07. The third-order valence-electron chi connectivity index (χ3n) is 3.53. The average Bonchev–Trinajstić information content (AvgIpc) is 3.10. The third-order valence-corrected chi connectivity index (χ3v) is 3.53. The number of nitrogens with zero attached hydrogens (tertiary/aromatic N) is 2. The van der Waals surface area contributed by atoms with E-state index in [2.05, 4.69) is 16.5 Å². The number of aromatic carboxylic acids is 1. The van der Waals surface area contributed by atoms with Crippen molar-refractivity contribution in [2.75, 3.05) is 0 Å². The predicted molar refractivity (Wildman–Crippen MR) is 68.8 cm³/mol. The molecule has 0 amide bonds. The second kappa shape index (κ2) is 4.12. The first kappa shape index (κ1) is 11.3. The van der Waals surface area contributed by atoms with Crippen molar-refractivity contribution >= 4 is 17.0 Å². The summed E-state index contributed by atoms with van der Waals surface area (Å²) in [6, 6.07) is 5.32. The second-order valence-electron chi connectivity index (χ2n) is 4.91. The number of carbonyl (C=O) groups is 1. The van der Waals surface area contributed by atoms with Crippen molar-refractivity contribution in [3.05, 3.63) is 29.6 Å². The molecule has 1 aliphatic rings. The van der Waals surface area contributed by atoms with Crippen LogP contribution in [0.25, 0.3) is 11.0 Å². The van der Waals surface area contributed by atoms with Crippen LogP contribution in [-0.4, -0.2) is 20.6 Å². The molecule has 0 atom stereocenters. The summed E-state index contributed by atoms with van der Waals surface area (Å²) in [6.45, 7) is 2.97. The van der Waals surface area contributed by atoms with Gasteiger partial charge in [0.15, 0.2) is 0 Å². The summed E-state index contributed by atoms with van der Waals surface area (Å²) < 4.78 is 2.11. The molecule has 0 radical (unpaired) electrons. The number of imidazole rings is 1. The lowest BCUT2D eigenvalue weighted by molar-refractivity contribution is 0.0698. The van der Waals surface area contributed by atoms with Crippen LogP contribution in [0.5, 0.6) is 0 Å². The van der Waals surface area contributed by atoms with Gasteiger partial charge in [-0.1, -0.05) is 13.0 Å². The zero-order chi connectivity index (χ0) is 12.7. The van der Waals surface area contributed by atoms with Gasteiger partial charge in [-0.2, -0.15) is 0 Å². The van der Waals surface area contributed by atoms with Gasteiger partial charge in [-0.15, -0.1) is 0 Å². The van der Waals surface area contributed by atoms with Gasteiger partial charge >= 0.3 is 5.97 Å². The number of rotatable bonds is 4. The number of fused-ring (bicyclic) bond motifs is 1. The second-order valence-corrected chi connectivity index (χ2v) is 4.91. The molecule has 0 saturated heterocycles. The lowest BCUT2D eigenvalue weighted by Gasteiger charge is -2.08. The van der Waals surface area contributed by atoms with E-state index in [0.717, 1.165) is 29.8 Å². The minimum atomic E-state index is -0.875. The van der Waals surface area contributed by atoms with Crippen molar-refractivity contribution in [3.8, 4) is 0 Å². The van der Waals surface area contributed by atoms with Crippen LogP contribution in [-0.2, 0) is 13.0 Å². The third kappa shape index (κ3) is 1.78. The monoisotopic (exact) mass is 244 g/mol. The zero-order valence-corrected chi connectivity index (χ0v) is 10.4. The fourth-order valence-corrected chi connectivity index (χ4v) is 2.43. The predicted octanol–water partition coefficient (Wildman–Crippen LogP) is 2.71. The van der Waals surface area contributed by atoms with Gasteiger partial charge in [0.2, 0.25) is 0 Å². The Balaban J connectivity index is 2.23. The molecule has 1 saturated carbocycles. The van der Waals surface area contributed by atoms with Gasteiger partial charge in [0.05, 0.1) is 16.6 Å². The Morgan fingerprint density at radius 1 is 1.50 bits per heavy atom. The Kier molecular flexibility index (Phi) is 2.58. The normalized spacial score (nSPS) is 15.2. The Labute approximate surface area is 105 Å². The molecule has 1 fully saturated rings.